The number of rotatable bonds is 12. The first kappa shape index (κ1) is 16.0. The van der Waals surface area contributed by atoms with Crippen LogP contribution in [0.1, 0.15) is 77.6 Å². The summed E-state index contributed by atoms with van der Waals surface area (Å²) >= 11 is 4.06. The van der Waals surface area contributed by atoms with Crippen molar-refractivity contribution in [2.45, 2.75) is 77.6 Å². The smallest absolute Gasteiger partial charge is 0.133 e. The van der Waals surface area contributed by atoms with Crippen LogP contribution in [-0.2, 0) is 4.79 Å². The lowest BCUT2D eigenvalue weighted by molar-refractivity contribution is -0.118. The van der Waals surface area contributed by atoms with Crippen molar-refractivity contribution >= 4 is 18.4 Å². The molecule has 0 atom stereocenters. The van der Waals surface area contributed by atoms with Crippen LogP contribution in [0, 0.1) is 0 Å². The molecule has 0 rings (SSSR count). The fourth-order valence-corrected chi connectivity index (χ4v) is 2.13. The summed E-state index contributed by atoms with van der Waals surface area (Å²) in [6.45, 7) is 2.25. The Morgan fingerprint density at radius 1 is 0.812 bits per heavy atom. The number of Topliss-reactive ketones (excluding diaryl/α,β-unsaturated/α-hetero) is 1. The average Bonchev–Trinajstić information content (AvgIpc) is 2.27. The maximum atomic E-state index is 11.2. The van der Waals surface area contributed by atoms with E-state index in [0.717, 1.165) is 12.8 Å². The molecule has 0 aliphatic carbocycles. The summed E-state index contributed by atoms with van der Waals surface area (Å²) < 4.78 is 0. The van der Waals surface area contributed by atoms with Crippen molar-refractivity contribution in [3.05, 3.63) is 0 Å². The van der Waals surface area contributed by atoms with E-state index in [2.05, 4.69) is 19.6 Å². The maximum Gasteiger partial charge on any atom is 0.133 e. The molecule has 0 aliphatic heterocycles. The molecule has 0 saturated heterocycles. The molecule has 1 nitrogen and oxygen atoms in total. The molecular weight excluding hydrogens is 216 g/mol. The summed E-state index contributed by atoms with van der Waals surface area (Å²) in [5, 5.41) is 0. The van der Waals surface area contributed by atoms with Gasteiger partial charge in [0.05, 0.1) is 0 Å². The molecule has 96 valence electrons. The van der Waals surface area contributed by atoms with Crippen molar-refractivity contribution in [3.63, 3.8) is 0 Å². The van der Waals surface area contributed by atoms with Crippen LogP contribution in [0.4, 0.5) is 0 Å². The molecule has 0 N–H and O–H groups in total. The van der Waals surface area contributed by atoms with Crippen LogP contribution < -0.4 is 0 Å². The van der Waals surface area contributed by atoms with E-state index in [1.54, 1.807) is 0 Å². The number of unbranched alkanes of at least 4 members (excludes halogenated alkanes) is 8. The van der Waals surface area contributed by atoms with Gasteiger partial charge in [-0.15, -0.1) is 0 Å². The van der Waals surface area contributed by atoms with Crippen molar-refractivity contribution in [2.75, 3.05) is 5.75 Å². The SMILES string of the molecule is CCCCCCCCCCCC(=O)CCS. The highest BCUT2D eigenvalue weighted by molar-refractivity contribution is 7.80. The fraction of sp³-hybridized carbons (Fsp3) is 0.929. The van der Waals surface area contributed by atoms with E-state index in [0.29, 0.717) is 18.0 Å². The largest absolute Gasteiger partial charge is 0.300 e. The van der Waals surface area contributed by atoms with Crippen molar-refractivity contribution in [1.82, 2.24) is 0 Å². The van der Waals surface area contributed by atoms with Gasteiger partial charge in [0.2, 0.25) is 0 Å². The standard InChI is InChI=1S/C14H28OS/c1-2-3-4-5-6-7-8-9-10-11-14(15)12-13-16/h16H,2-13H2,1H3. The minimum atomic E-state index is 0.387. The van der Waals surface area contributed by atoms with Crippen LogP contribution in [0.3, 0.4) is 0 Å². The second-order valence-electron chi connectivity index (χ2n) is 4.59. The Morgan fingerprint density at radius 2 is 1.31 bits per heavy atom. The molecule has 0 aromatic heterocycles. The zero-order valence-electron chi connectivity index (χ0n) is 10.8. The first-order valence-corrected chi connectivity index (χ1v) is 7.57. The van der Waals surface area contributed by atoms with Crippen molar-refractivity contribution < 1.29 is 4.79 Å². The average molecular weight is 244 g/mol. The van der Waals surface area contributed by atoms with Gasteiger partial charge in [-0.25, -0.2) is 0 Å². The van der Waals surface area contributed by atoms with Gasteiger partial charge < -0.3 is 0 Å². The van der Waals surface area contributed by atoms with Gasteiger partial charge in [-0.05, 0) is 12.2 Å². The maximum absolute atomic E-state index is 11.2. The Balaban J connectivity index is 3.01. The molecule has 16 heavy (non-hydrogen) atoms. The van der Waals surface area contributed by atoms with Gasteiger partial charge in [-0.2, -0.15) is 12.6 Å². The molecule has 0 aromatic carbocycles. The molecule has 0 aromatic rings. The van der Waals surface area contributed by atoms with Gasteiger partial charge in [0.25, 0.3) is 0 Å². The monoisotopic (exact) mass is 244 g/mol. The molecule has 0 spiro atoms. The van der Waals surface area contributed by atoms with E-state index in [1.807, 2.05) is 0 Å². The minimum absolute atomic E-state index is 0.387. The quantitative estimate of drug-likeness (QED) is 0.385. The van der Waals surface area contributed by atoms with Gasteiger partial charge in [-0.3, -0.25) is 4.79 Å². The molecule has 0 amide bonds. The molecule has 0 bridgehead atoms. The lowest BCUT2D eigenvalue weighted by Crippen LogP contribution is -1.97. The number of carbonyl (C=O) groups excluding carboxylic acids is 1. The summed E-state index contributed by atoms with van der Waals surface area (Å²) in [5.41, 5.74) is 0. The number of ketones is 1. The summed E-state index contributed by atoms with van der Waals surface area (Å²) in [5.74, 6) is 1.09. The van der Waals surface area contributed by atoms with Crippen LogP contribution in [0.25, 0.3) is 0 Å². The zero-order valence-corrected chi connectivity index (χ0v) is 11.7. The normalized spacial score (nSPS) is 10.6. The molecule has 0 aliphatic rings. The first-order chi connectivity index (χ1) is 7.81. The van der Waals surface area contributed by atoms with Gasteiger partial charge in [0.15, 0.2) is 0 Å². The topological polar surface area (TPSA) is 17.1 Å². The Morgan fingerprint density at radius 3 is 1.81 bits per heavy atom. The third-order valence-electron chi connectivity index (χ3n) is 2.95. The Kier molecular flexibility index (Phi) is 13.1. The molecule has 0 saturated carbocycles. The number of carbonyl (C=O) groups is 1. The van der Waals surface area contributed by atoms with E-state index in [4.69, 9.17) is 0 Å². The lowest BCUT2D eigenvalue weighted by Gasteiger charge is -2.01. The van der Waals surface area contributed by atoms with E-state index in [9.17, 15) is 4.79 Å². The predicted molar refractivity (Wildman–Crippen MR) is 75.3 cm³/mol. The summed E-state index contributed by atoms with van der Waals surface area (Å²) in [6.07, 6.45) is 13.3. The third-order valence-corrected chi connectivity index (χ3v) is 3.17. The molecule has 0 fully saturated rings. The lowest BCUT2D eigenvalue weighted by atomic mass is 10.1. The second-order valence-corrected chi connectivity index (χ2v) is 5.04. The summed E-state index contributed by atoms with van der Waals surface area (Å²) in [4.78, 5) is 11.2. The Hall–Kier alpha value is 0.0200. The Labute approximate surface area is 107 Å². The van der Waals surface area contributed by atoms with E-state index in [1.165, 1.54) is 51.4 Å². The zero-order chi connectivity index (χ0) is 12.1. The van der Waals surface area contributed by atoms with E-state index < -0.39 is 0 Å². The fourth-order valence-electron chi connectivity index (χ4n) is 1.88. The number of hydrogen-bond acceptors (Lipinski definition) is 2. The molecule has 2 heteroatoms. The number of hydrogen-bond donors (Lipinski definition) is 1. The van der Waals surface area contributed by atoms with Crippen molar-refractivity contribution in [2.24, 2.45) is 0 Å². The van der Waals surface area contributed by atoms with Crippen molar-refractivity contribution in [1.29, 1.82) is 0 Å². The summed E-state index contributed by atoms with van der Waals surface area (Å²) in [6, 6.07) is 0. The van der Waals surface area contributed by atoms with Crippen LogP contribution in [0.5, 0.6) is 0 Å². The molecular formula is C14H28OS. The van der Waals surface area contributed by atoms with Crippen LogP contribution >= 0.6 is 12.6 Å². The van der Waals surface area contributed by atoms with Crippen LogP contribution in [-0.4, -0.2) is 11.5 Å². The van der Waals surface area contributed by atoms with Crippen molar-refractivity contribution in [3.8, 4) is 0 Å². The first-order valence-electron chi connectivity index (χ1n) is 6.93. The highest BCUT2D eigenvalue weighted by Gasteiger charge is 1.99. The summed E-state index contributed by atoms with van der Waals surface area (Å²) in [7, 11) is 0. The third kappa shape index (κ3) is 12.1. The Bertz CT molecular complexity index is 157. The van der Waals surface area contributed by atoms with E-state index in [-0.39, 0.29) is 0 Å². The molecule has 0 radical (unpaired) electrons. The second kappa shape index (κ2) is 13.1. The predicted octanol–water partition coefficient (Wildman–Crippen LogP) is 4.80. The minimum Gasteiger partial charge on any atom is -0.300 e. The number of thiol groups is 1. The molecule has 0 heterocycles. The van der Waals surface area contributed by atoms with Crippen LogP contribution in [0.15, 0.2) is 0 Å². The van der Waals surface area contributed by atoms with Gasteiger partial charge >= 0.3 is 0 Å². The van der Waals surface area contributed by atoms with Crippen LogP contribution in [0.2, 0.25) is 0 Å². The van der Waals surface area contributed by atoms with Gasteiger partial charge in [-0.1, -0.05) is 58.3 Å². The highest BCUT2D eigenvalue weighted by atomic mass is 32.1. The van der Waals surface area contributed by atoms with Gasteiger partial charge in [0.1, 0.15) is 5.78 Å². The van der Waals surface area contributed by atoms with E-state index >= 15 is 0 Å². The highest BCUT2D eigenvalue weighted by Crippen LogP contribution is 2.10. The van der Waals surface area contributed by atoms with Gasteiger partial charge in [0, 0.05) is 12.8 Å². The molecule has 0 unspecified atom stereocenters.